The number of benzene rings is 2. The van der Waals surface area contributed by atoms with E-state index in [2.05, 4.69) is 4.72 Å². The Kier molecular flexibility index (Phi) is 3.83. The number of fused-ring (bicyclic) bond motifs is 1. The Balaban J connectivity index is 1.96. The molecule has 0 bridgehead atoms. The Morgan fingerprint density at radius 2 is 1.82 bits per heavy atom. The van der Waals surface area contributed by atoms with Gasteiger partial charge in [-0.25, -0.2) is 8.42 Å². The van der Waals surface area contributed by atoms with Crippen LogP contribution in [0.3, 0.4) is 0 Å². The highest BCUT2D eigenvalue weighted by molar-refractivity contribution is 7.92. The van der Waals surface area contributed by atoms with E-state index in [1.54, 1.807) is 24.3 Å². The molecule has 3 rings (SSSR count). The number of ether oxygens (including phenoxy) is 1. The smallest absolute Gasteiger partial charge is 0.262 e. The van der Waals surface area contributed by atoms with E-state index in [4.69, 9.17) is 4.74 Å². The van der Waals surface area contributed by atoms with Crippen molar-refractivity contribution in [3.05, 3.63) is 53.1 Å². The van der Waals surface area contributed by atoms with Crippen LogP contribution in [0, 0.1) is 6.92 Å². The predicted octanol–water partition coefficient (Wildman–Crippen LogP) is 3.29. The Labute approximate surface area is 131 Å². The number of hydrogen-bond acceptors (Lipinski definition) is 3. The molecule has 1 aliphatic rings. The summed E-state index contributed by atoms with van der Waals surface area (Å²) >= 11 is 0. The molecule has 1 aliphatic carbocycles. The van der Waals surface area contributed by atoms with Crippen LogP contribution >= 0.6 is 0 Å². The van der Waals surface area contributed by atoms with Crippen LogP contribution in [0.4, 0.5) is 5.69 Å². The monoisotopic (exact) mass is 317 g/mol. The number of anilines is 1. The van der Waals surface area contributed by atoms with Crippen LogP contribution in [0.2, 0.25) is 0 Å². The van der Waals surface area contributed by atoms with Gasteiger partial charge in [0.1, 0.15) is 5.75 Å². The molecule has 0 amide bonds. The normalized spacial score (nSPS) is 13.7. The maximum Gasteiger partial charge on any atom is 0.262 e. The van der Waals surface area contributed by atoms with Gasteiger partial charge in [-0.3, -0.25) is 4.72 Å². The summed E-state index contributed by atoms with van der Waals surface area (Å²) in [6.45, 7) is 1.91. The van der Waals surface area contributed by atoms with Crippen LogP contribution in [0.15, 0.2) is 41.3 Å². The predicted molar refractivity (Wildman–Crippen MR) is 87.0 cm³/mol. The van der Waals surface area contributed by atoms with Crippen molar-refractivity contribution >= 4 is 15.7 Å². The van der Waals surface area contributed by atoms with Crippen molar-refractivity contribution in [1.82, 2.24) is 0 Å². The molecule has 0 unspecified atom stereocenters. The minimum atomic E-state index is -3.61. The fourth-order valence-corrected chi connectivity index (χ4v) is 3.93. The Morgan fingerprint density at radius 1 is 1.05 bits per heavy atom. The molecule has 0 saturated heterocycles. The van der Waals surface area contributed by atoms with Crippen molar-refractivity contribution in [2.24, 2.45) is 0 Å². The van der Waals surface area contributed by atoms with Gasteiger partial charge < -0.3 is 4.74 Å². The van der Waals surface area contributed by atoms with Gasteiger partial charge in [0, 0.05) is 0 Å². The van der Waals surface area contributed by atoms with Gasteiger partial charge in [0.25, 0.3) is 10.0 Å². The Bertz CT molecular complexity index is 813. The first-order valence-electron chi connectivity index (χ1n) is 7.29. The van der Waals surface area contributed by atoms with Gasteiger partial charge in [0.2, 0.25) is 0 Å². The third kappa shape index (κ3) is 2.81. The fraction of sp³-hybridized carbons (Fsp3) is 0.294. The summed E-state index contributed by atoms with van der Waals surface area (Å²) in [6, 6.07) is 10.8. The molecular weight excluding hydrogens is 298 g/mol. The SMILES string of the molecule is COc1ccc(C)cc1NS(=O)(=O)c1ccc2c(c1)CCC2. The second kappa shape index (κ2) is 5.65. The summed E-state index contributed by atoms with van der Waals surface area (Å²) < 4.78 is 33.1. The van der Waals surface area contributed by atoms with Gasteiger partial charge in [-0.1, -0.05) is 12.1 Å². The maximum atomic E-state index is 12.6. The van der Waals surface area contributed by atoms with E-state index in [-0.39, 0.29) is 0 Å². The quantitative estimate of drug-likeness (QED) is 0.941. The van der Waals surface area contributed by atoms with Crippen LogP contribution in [0.25, 0.3) is 0 Å². The lowest BCUT2D eigenvalue weighted by Crippen LogP contribution is -2.14. The average molecular weight is 317 g/mol. The van der Waals surface area contributed by atoms with Crippen molar-refractivity contribution in [2.45, 2.75) is 31.1 Å². The highest BCUT2D eigenvalue weighted by atomic mass is 32.2. The lowest BCUT2D eigenvalue weighted by Gasteiger charge is -2.13. The molecule has 0 heterocycles. The third-order valence-electron chi connectivity index (χ3n) is 3.98. The summed E-state index contributed by atoms with van der Waals surface area (Å²) in [5.74, 6) is 0.510. The molecule has 0 saturated carbocycles. The standard InChI is InChI=1S/C17H19NO3S/c1-12-6-9-17(21-2)16(10-12)18-22(19,20)15-8-7-13-4-3-5-14(13)11-15/h6-11,18H,3-5H2,1-2H3. The molecule has 116 valence electrons. The summed E-state index contributed by atoms with van der Waals surface area (Å²) in [4.78, 5) is 0.303. The first-order chi connectivity index (χ1) is 10.5. The number of rotatable bonds is 4. The lowest BCUT2D eigenvalue weighted by atomic mass is 10.1. The molecule has 22 heavy (non-hydrogen) atoms. The van der Waals surface area contributed by atoms with E-state index in [0.717, 1.165) is 30.4 Å². The average Bonchev–Trinajstić information content (AvgIpc) is 2.94. The molecule has 0 atom stereocenters. The molecule has 0 aliphatic heterocycles. The van der Waals surface area contributed by atoms with Crippen LogP contribution < -0.4 is 9.46 Å². The number of hydrogen-bond donors (Lipinski definition) is 1. The molecule has 4 nitrogen and oxygen atoms in total. The number of aryl methyl sites for hydroxylation is 3. The molecule has 2 aromatic carbocycles. The molecule has 2 aromatic rings. The van der Waals surface area contributed by atoms with Gasteiger partial charge in [0.15, 0.2) is 0 Å². The molecule has 0 fully saturated rings. The van der Waals surface area contributed by atoms with Crippen molar-refractivity contribution < 1.29 is 13.2 Å². The zero-order valence-electron chi connectivity index (χ0n) is 12.7. The van der Waals surface area contributed by atoms with E-state index in [9.17, 15) is 8.42 Å². The van der Waals surface area contributed by atoms with Gasteiger partial charge in [0.05, 0.1) is 17.7 Å². The molecule has 1 N–H and O–H groups in total. The number of nitrogens with one attached hydrogen (secondary N) is 1. The topological polar surface area (TPSA) is 55.4 Å². The largest absolute Gasteiger partial charge is 0.495 e. The van der Waals surface area contributed by atoms with E-state index in [1.807, 2.05) is 19.1 Å². The fourth-order valence-electron chi connectivity index (χ4n) is 2.82. The van der Waals surface area contributed by atoms with E-state index in [1.165, 1.54) is 12.7 Å². The second-order valence-electron chi connectivity index (χ2n) is 5.59. The van der Waals surface area contributed by atoms with Crippen LogP contribution in [0.5, 0.6) is 5.75 Å². The van der Waals surface area contributed by atoms with Gasteiger partial charge >= 0.3 is 0 Å². The van der Waals surface area contributed by atoms with Crippen molar-refractivity contribution in [1.29, 1.82) is 0 Å². The first kappa shape index (κ1) is 14.9. The van der Waals surface area contributed by atoms with Crippen molar-refractivity contribution in [3.63, 3.8) is 0 Å². The van der Waals surface area contributed by atoms with E-state index >= 15 is 0 Å². The molecule has 5 heteroatoms. The van der Waals surface area contributed by atoms with Crippen molar-refractivity contribution in [2.75, 3.05) is 11.8 Å². The minimum Gasteiger partial charge on any atom is -0.495 e. The van der Waals surface area contributed by atoms with E-state index < -0.39 is 10.0 Å². The summed E-state index contributed by atoms with van der Waals surface area (Å²) in [6.07, 6.45) is 3.08. The van der Waals surface area contributed by atoms with Crippen LogP contribution in [-0.2, 0) is 22.9 Å². The first-order valence-corrected chi connectivity index (χ1v) is 8.77. The maximum absolute atomic E-state index is 12.6. The van der Waals surface area contributed by atoms with E-state index in [0.29, 0.717) is 16.3 Å². The van der Waals surface area contributed by atoms with Gasteiger partial charge in [-0.15, -0.1) is 0 Å². The second-order valence-corrected chi connectivity index (χ2v) is 7.28. The number of sulfonamides is 1. The highest BCUT2D eigenvalue weighted by Gasteiger charge is 2.20. The lowest BCUT2D eigenvalue weighted by molar-refractivity contribution is 0.417. The third-order valence-corrected chi connectivity index (χ3v) is 5.34. The Hall–Kier alpha value is -2.01. The Morgan fingerprint density at radius 3 is 2.59 bits per heavy atom. The summed E-state index contributed by atoms with van der Waals surface area (Å²) in [7, 11) is -2.09. The molecular formula is C17H19NO3S. The van der Waals surface area contributed by atoms with Crippen molar-refractivity contribution in [3.8, 4) is 5.75 Å². The van der Waals surface area contributed by atoms with Crippen LogP contribution in [-0.4, -0.2) is 15.5 Å². The minimum absolute atomic E-state index is 0.303. The molecule has 0 spiro atoms. The zero-order valence-corrected chi connectivity index (χ0v) is 13.5. The van der Waals surface area contributed by atoms with Gasteiger partial charge in [-0.05, 0) is 67.1 Å². The zero-order chi connectivity index (χ0) is 15.7. The number of methoxy groups -OCH3 is 1. The summed E-state index contributed by atoms with van der Waals surface area (Å²) in [5, 5.41) is 0. The van der Waals surface area contributed by atoms with Gasteiger partial charge in [-0.2, -0.15) is 0 Å². The highest BCUT2D eigenvalue weighted by Crippen LogP contribution is 2.29. The molecule has 0 radical (unpaired) electrons. The van der Waals surface area contributed by atoms with Crippen LogP contribution in [0.1, 0.15) is 23.1 Å². The summed E-state index contributed by atoms with van der Waals surface area (Å²) in [5.41, 5.74) is 3.82. The molecule has 0 aromatic heterocycles.